The van der Waals surface area contributed by atoms with Gasteiger partial charge in [-0.05, 0) is 44.5 Å². The maximum Gasteiger partial charge on any atom is 0.350 e. The van der Waals surface area contributed by atoms with Gasteiger partial charge in [0.05, 0.1) is 11.5 Å². The number of nitrogens with zero attached hydrogens (tertiary/aromatic N) is 1. The monoisotopic (exact) mass is 351 g/mol. The van der Waals surface area contributed by atoms with Crippen LogP contribution in [0.25, 0.3) is 0 Å². The normalized spacial score (nSPS) is 13.0. The molecule has 2 N–H and O–H groups in total. The van der Waals surface area contributed by atoms with Crippen LogP contribution in [0.4, 0.5) is 5.69 Å². The standard InChI is InChI=1S/C16H21N3O4S/c1-4-12(3)19-24(21,22)15-8-6-14(7-9-15)18-11-13(10-17)16(20)23-5-2/h6-9,11-12,18-19H,4-5H2,1-3H3/b13-11-. The fraction of sp³-hybridized carbons (Fsp3) is 0.375. The van der Waals surface area contributed by atoms with Crippen molar-refractivity contribution in [2.24, 2.45) is 0 Å². The van der Waals surface area contributed by atoms with Gasteiger partial charge < -0.3 is 10.1 Å². The van der Waals surface area contributed by atoms with E-state index in [0.29, 0.717) is 12.1 Å². The van der Waals surface area contributed by atoms with Gasteiger partial charge in [0.15, 0.2) is 5.57 Å². The first-order valence-corrected chi connectivity index (χ1v) is 8.98. The van der Waals surface area contributed by atoms with E-state index in [4.69, 9.17) is 10.00 Å². The van der Waals surface area contributed by atoms with Gasteiger partial charge in [-0.25, -0.2) is 17.9 Å². The number of nitrogens with one attached hydrogen (secondary N) is 2. The fourth-order valence-electron chi connectivity index (χ4n) is 1.65. The largest absolute Gasteiger partial charge is 0.462 e. The Balaban J connectivity index is 2.85. The van der Waals surface area contributed by atoms with Gasteiger partial charge in [-0.3, -0.25) is 0 Å². The summed E-state index contributed by atoms with van der Waals surface area (Å²) in [4.78, 5) is 11.6. The van der Waals surface area contributed by atoms with Gasteiger partial charge in [-0.2, -0.15) is 5.26 Å². The third kappa shape index (κ3) is 5.68. The first kappa shape index (κ1) is 19.7. The third-order valence-corrected chi connectivity index (χ3v) is 4.74. The van der Waals surface area contributed by atoms with Gasteiger partial charge in [0.2, 0.25) is 10.0 Å². The zero-order valence-corrected chi connectivity index (χ0v) is 14.7. The number of benzene rings is 1. The van der Waals surface area contributed by atoms with Crippen LogP contribution in [0.3, 0.4) is 0 Å². The minimum absolute atomic E-state index is 0.142. The van der Waals surface area contributed by atoms with Gasteiger partial charge in [0.25, 0.3) is 0 Å². The van der Waals surface area contributed by atoms with E-state index < -0.39 is 16.0 Å². The van der Waals surface area contributed by atoms with Crippen molar-refractivity contribution in [1.29, 1.82) is 5.26 Å². The number of ether oxygens (including phenoxy) is 1. The number of rotatable bonds is 8. The maximum absolute atomic E-state index is 12.1. The summed E-state index contributed by atoms with van der Waals surface area (Å²) in [5, 5.41) is 11.7. The predicted molar refractivity (Wildman–Crippen MR) is 90.5 cm³/mol. The highest BCUT2D eigenvalue weighted by atomic mass is 32.2. The molecule has 0 saturated carbocycles. The summed E-state index contributed by atoms with van der Waals surface area (Å²) in [5.41, 5.74) is 0.363. The van der Waals surface area contributed by atoms with Crippen LogP contribution in [0.1, 0.15) is 27.2 Å². The van der Waals surface area contributed by atoms with E-state index in [-0.39, 0.29) is 23.1 Å². The molecule has 0 heterocycles. The molecule has 1 unspecified atom stereocenters. The van der Waals surface area contributed by atoms with E-state index in [0.717, 1.165) is 0 Å². The Bertz CT molecular complexity index is 734. The van der Waals surface area contributed by atoms with E-state index in [1.807, 2.05) is 6.92 Å². The van der Waals surface area contributed by atoms with Gasteiger partial charge in [-0.1, -0.05) is 6.92 Å². The molecule has 0 spiro atoms. The van der Waals surface area contributed by atoms with Crippen LogP contribution in [0.15, 0.2) is 40.9 Å². The molecule has 0 saturated heterocycles. The second-order valence-electron chi connectivity index (χ2n) is 4.99. The summed E-state index contributed by atoms with van der Waals surface area (Å²) in [6, 6.07) is 7.56. The van der Waals surface area contributed by atoms with Crippen LogP contribution in [-0.4, -0.2) is 27.0 Å². The second-order valence-corrected chi connectivity index (χ2v) is 6.70. The van der Waals surface area contributed by atoms with Crippen LogP contribution in [-0.2, 0) is 19.6 Å². The van der Waals surface area contributed by atoms with E-state index in [1.165, 1.54) is 18.3 Å². The lowest BCUT2D eigenvalue weighted by molar-refractivity contribution is -0.138. The first-order valence-electron chi connectivity index (χ1n) is 7.50. The van der Waals surface area contributed by atoms with Crippen molar-refractivity contribution in [3.63, 3.8) is 0 Å². The van der Waals surface area contributed by atoms with Gasteiger partial charge in [0, 0.05) is 17.9 Å². The van der Waals surface area contributed by atoms with E-state index in [2.05, 4.69) is 10.0 Å². The molecule has 0 aromatic heterocycles. The summed E-state index contributed by atoms with van der Waals surface area (Å²) in [5.74, 6) is -0.718. The van der Waals surface area contributed by atoms with E-state index in [9.17, 15) is 13.2 Å². The van der Waals surface area contributed by atoms with Crippen molar-refractivity contribution in [1.82, 2.24) is 4.72 Å². The maximum atomic E-state index is 12.1. The minimum Gasteiger partial charge on any atom is -0.462 e. The molecule has 1 aromatic carbocycles. The Kier molecular flexibility index (Phi) is 7.42. The van der Waals surface area contributed by atoms with Crippen molar-refractivity contribution in [3.8, 4) is 6.07 Å². The first-order chi connectivity index (χ1) is 11.3. The quantitative estimate of drug-likeness (QED) is 0.422. The van der Waals surface area contributed by atoms with Gasteiger partial charge >= 0.3 is 5.97 Å². The zero-order valence-electron chi connectivity index (χ0n) is 13.9. The molecule has 0 aliphatic heterocycles. The van der Waals surface area contributed by atoms with Crippen LogP contribution in [0.5, 0.6) is 0 Å². The highest BCUT2D eigenvalue weighted by molar-refractivity contribution is 7.89. The number of carbonyl (C=O) groups excluding carboxylic acids is 1. The molecule has 130 valence electrons. The molecule has 8 heteroatoms. The highest BCUT2D eigenvalue weighted by Crippen LogP contribution is 2.15. The number of carbonyl (C=O) groups is 1. The molecule has 0 fully saturated rings. The van der Waals surface area contributed by atoms with Crippen molar-refractivity contribution in [2.75, 3.05) is 11.9 Å². The number of hydrogen-bond acceptors (Lipinski definition) is 6. The summed E-state index contributed by atoms with van der Waals surface area (Å²) in [7, 11) is -3.56. The fourth-order valence-corrected chi connectivity index (χ4v) is 2.97. The van der Waals surface area contributed by atoms with Crippen molar-refractivity contribution in [3.05, 3.63) is 36.0 Å². The average molecular weight is 351 g/mol. The zero-order chi connectivity index (χ0) is 18.2. The van der Waals surface area contributed by atoms with Crippen LogP contribution < -0.4 is 10.0 Å². The lowest BCUT2D eigenvalue weighted by atomic mass is 10.3. The third-order valence-electron chi connectivity index (χ3n) is 3.13. The molecule has 0 radical (unpaired) electrons. The lowest BCUT2D eigenvalue weighted by Gasteiger charge is -2.12. The van der Waals surface area contributed by atoms with Gasteiger partial charge in [0.1, 0.15) is 6.07 Å². The number of sulfonamides is 1. The lowest BCUT2D eigenvalue weighted by Crippen LogP contribution is -2.31. The Morgan fingerprint density at radius 1 is 1.33 bits per heavy atom. The molecule has 1 aromatic rings. The summed E-state index contributed by atoms with van der Waals surface area (Å²) >= 11 is 0. The predicted octanol–water partition coefficient (Wildman–Crippen LogP) is 2.15. The molecule has 0 bridgehead atoms. The number of hydrogen-bond donors (Lipinski definition) is 2. The molecule has 7 nitrogen and oxygen atoms in total. The molecule has 1 atom stereocenters. The smallest absolute Gasteiger partial charge is 0.350 e. The molecule has 1 rings (SSSR count). The number of anilines is 1. The molecule has 0 aliphatic carbocycles. The van der Waals surface area contributed by atoms with Crippen LogP contribution >= 0.6 is 0 Å². The van der Waals surface area contributed by atoms with Gasteiger partial charge in [-0.15, -0.1) is 0 Å². The summed E-state index contributed by atoms with van der Waals surface area (Å²) in [6.07, 6.45) is 1.91. The van der Waals surface area contributed by atoms with Crippen molar-refractivity contribution < 1.29 is 17.9 Å². The average Bonchev–Trinajstić information content (AvgIpc) is 2.55. The van der Waals surface area contributed by atoms with E-state index >= 15 is 0 Å². The number of nitriles is 1. The van der Waals surface area contributed by atoms with Crippen LogP contribution in [0.2, 0.25) is 0 Å². The molecular formula is C16H21N3O4S. The van der Waals surface area contributed by atoms with Crippen molar-refractivity contribution in [2.45, 2.75) is 38.1 Å². The SMILES string of the molecule is CCOC(=O)/C(C#N)=C\Nc1ccc(S(=O)(=O)NC(C)CC)cc1. The van der Waals surface area contributed by atoms with Crippen LogP contribution in [0, 0.1) is 11.3 Å². The molecular weight excluding hydrogens is 330 g/mol. The molecule has 24 heavy (non-hydrogen) atoms. The summed E-state index contributed by atoms with van der Waals surface area (Å²) in [6.45, 7) is 5.50. The Morgan fingerprint density at radius 3 is 2.46 bits per heavy atom. The molecule has 0 amide bonds. The van der Waals surface area contributed by atoms with Crippen molar-refractivity contribution >= 4 is 21.7 Å². The minimum atomic E-state index is -3.56. The van der Waals surface area contributed by atoms with E-state index in [1.54, 1.807) is 32.0 Å². The Morgan fingerprint density at radius 2 is 1.96 bits per heavy atom. The highest BCUT2D eigenvalue weighted by Gasteiger charge is 2.16. The second kappa shape index (κ2) is 9.05. The Labute approximate surface area is 142 Å². The number of esters is 1. The molecule has 0 aliphatic rings. The Hall–Kier alpha value is -2.37. The topological polar surface area (TPSA) is 108 Å². The summed E-state index contributed by atoms with van der Waals surface area (Å²) < 4.78 is 31.6.